The highest BCUT2D eigenvalue weighted by Crippen LogP contribution is 2.38. The number of ether oxygens (including phenoxy) is 1. The molecule has 1 unspecified atom stereocenters. The van der Waals surface area contributed by atoms with Crippen molar-refractivity contribution in [2.45, 2.75) is 58.7 Å². The molecule has 132 valence electrons. The van der Waals surface area contributed by atoms with Crippen LogP contribution in [-0.2, 0) is 4.74 Å². The number of nitrogens with zero attached hydrogens (tertiary/aromatic N) is 1. The molecule has 0 bridgehead atoms. The SMILES string of the molecule is CC(C)(C)C1CCC(OCC(O)CN(CCO)CCO)CC1. The van der Waals surface area contributed by atoms with Crippen LogP contribution in [0.3, 0.4) is 0 Å². The van der Waals surface area contributed by atoms with Crippen LogP contribution in [0.25, 0.3) is 0 Å². The van der Waals surface area contributed by atoms with E-state index in [1.165, 1.54) is 12.8 Å². The number of hydrogen-bond acceptors (Lipinski definition) is 5. The molecule has 22 heavy (non-hydrogen) atoms. The molecule has 0 saturated heterocycles. The van der Waals surface area contributed by atoms with E-state index in [0.29, 0.717) is 31.7 Å². The summed E-state index contributed by atoms with van der Waals surface area (Å²) in [6.07, 6.45) is 4.24. The topological polar surface area (TPSA) is 73.2 Å². The Kier molecular flexibility index (Phi) is 8.87. The van der Waals surface area contributed by atoms with E-state index < -0.39 is 6.10 Å². The fraction of sp³-hybridized carbons (Fsp3) is 1.00. The molecule has 0 aromatic carbocycles. The van der Waals surface area contributed by atoms with Crippen molar-refractivity contribution in [3.8, 4) is 0 Å². The van der Waals surface area contributed by atoms with Gasteiger partial charge >= 0.3 is 0 Å². The Morgan fingerprint density at radius 2 is 1.59 bits per heavy atom. The fourth-order valence-electron chi connectivity index (χ4n) is 3.27. The maximum absolute atomic E-state index is 10.1. The summed E-state index contributed by atoms with van der Waals surface area (Å²) in [6.45, 7) is 8.67. The Bertz CT molecular complexity index is 279. The van der Waals surface area contributed by atoms with Crippen LogP contribution in [0.5, 0.6) is 0 Å². The van der Waals surface area contributed by atoms with Gasteiger partial charge in [0.2, 0.25) is 0 Å². The smallest absolute Gasteiger partial charge is 0.0900 e. The summed E-state index contributed by atoms with van der Waals surface area (Å²) in [4.78, 5) is 1.85. The second-order valence-electron chi connectivity index (χ2n) is 7.57. The third-order valence-corrected chi connectivity index (χ3v) is 4.72. The highest BCUT2D eigenvalue weighted by molar-refractivity contribution is 4.81. The van der Waals surface area contributed by atoms with Gasteiger partial charge < -0.3 is 20.1 Å². The molecule has 0 aromatic heterocycles. The lowest BCUT2D eigenvalue weighted by Crippen LogP contribution is -2.39. The Labute approximate surface area is 135 Å². The zero-order chi connectivity index (χ0) is 16.6. The van der Waals surface area contributed by atoms with E-state index in [2.05, 4.69) is 20.8 Å². The lowest BCUT2D eigenvalue weighted by atomic mass is 9.72. The van der Waals surface area contributed by atoms with Gasteiger partial charge in [0.25, 0.3) is 0 Å². The minimum atomic E-state index is -0.571. The lowest BCUT2D eigenvalue weighted by molar-refractivity contribution is -0.0458. The molecule has 1 fully saturated rings. The van der Waals surface area contributed by atoms with Crippen LogP contribution in [-0.4, -0.2) is 71.9 Å². The van der Waals surface area contributed by atoms with Gasteiger partial charge in [-0.15, -0.1) is 0 Å². The lowest BCUT2D eigenvalue weighted by Gasteiger charge is -2.37. The van der Waals surface area contributed by atoms with E-state index in [1.807, 2.05) is 4.90 Å². The maximum atomic E-state index is 10.1. The first-order chi connectivity index (χ1) is 10.4. The highest BCUT2D eigenvalue weighted by atomic mass is 16.5. The van der Waals surface area contributed by atoms with Crippen molar-refractivity contribution >= 4 is 0 Å². The minimum Gasteiger partial charge on any atom is -0.395 e. The molecule has 1 atom stereocenters. The predicted octanol–water partition coefficient (Wildman–Crippen LogP) is 1.26. The van der Waals surface area contributed by atoms with Crippen LogP contribution >= 0.6 is 0 Å². The molecule has 0 radical (unpaired) electrons. The first-order valence-corrected chi connectivity index (χ1v) is 8.60. The van der Waals surface area contributed by atoms with Gasteiger partial charge in [0.1, 0.15) is 0 Å². The van der Waals surface area contributed by atoms with Crippen LogP contribution in [0, 0.1) is 11.3 Å². The summed E-state index contributed by atoms with van der Waals surface area (Å²) >= 11 is 0. The van der Waals surface area contributed by atoms with Crippen LogP contribution in [0.15, 0.2) is 0 Å². The van der Waals surface area contributed by atoms with Gasteiger partial charge in [-0.05, 0) is 37.0 Å². The normalized spacial score (nSPS) is 24.7. The number of hydrogen-bond donors (Lipinski definition) is 3. The van der Waals surface area contributed by atoms with E-state index in [0.717, 1.165) is 18.8 Å². The summed E-state index contributed by atoms with van der Waals surface area (Å²) in [7, 11) is 0. The second-order valence-corrected chi connectivity index (χ2v) is 7.57. The third kappa shape index (κ3) is 7.38. The van der Waals surface area contributed by atoms with Gasteiger partial charge in [-0.3, -0.25) is 4.90 Å². The van der Waals surface area contributed by atoms with Crippen LogP contribution in [0.1, 0.15) is 46.5 Å². The molecule has 1 saturated carbocycles. The van der Waals surface area contributed by atoms with Gasteiger partial charge in [-0.2, -0.15) is 0 Å². The first kappa shape index (κ1) is 19.8. The molecule has 0 aromatic rings. The summed E-state index contributed by atoms with van der Waals surface area (Å²) in [6, 6.07) is 0. The van der Waals surface area contributed by atoms with E-state index in [1.54, 1.807) is 0 Å². The molecule has 5 nitrogen and oxygen atoms in total. The van der Waals surface area contributed by atoms with Gasteiger partial charge in [0.15, 0.2) is 0 Å². The van der Waals surface area contributed by atoms with Crippen molar-refractivity contribution in [2.24, 2.45) is 11.3 Å². The third-order valence-electron chi connectivity index (χ3n) is 4.72. The highest BCUT2D eigenvalue weighted by Gasteiger charge is 2.30. The van der Waals surface area contributed by atoms with Crippen molar-refractivity contribution in [2.75, 3.05) is 39.5 Å². The van der Waals surface area contributed by atoms with Gasteiger partial charge in [0, 0.05) is 19.6 Å². The van der Waals surface area contributed by atoms with E-state index >= 15 is 0 Å². The summed E-state index contributed by atoms with van der Waals surface area (Å²) in [5.41, 5.74) is 0.375. The summed E-state index contributed by atoms with van der Waals surface area (Å²) in [5, 5.41) is 28.0. The average Bonchev–Trinajstić information content (AvgIpc) is 2.45. The predicted molar refractivity (Wildman–Crippen MR) is 87.8 cm³/mol. The molecule has 3 N–H and O–H groups in total. The number of rotatable bonds is 9. The summed E-state index contributed by atoms with van der Waals surface area (Å²) < 4.78 is 5.86. The average molecular weight is 317 g/mol. The first-order valence-electron chi connectivity index (χ1n) is 8.60. The molecule has 1 rings (SSSR count). The van der Waals surface area contributed by atoms with Crippen molar-refractivity contribution in [3.63, 3.8) is 0 Å². The Balaban J connectivity index is 2.23. The van der Waals surface area contributed by atoms with Crippen molar-refractivity contribution < 1.29 is 20.1 Å². The Hall–Kier alpha value is -0.200. The quantitative estimate of drug-likeness (QED) is 0.597. The molecule has 0 spiro atoms. The second kappa shape index (κ2) is 9.83. The van der Waals surface area contributed by atoms with Gasteiger partial charge in [-0.1, -0.05) is 20.8 Å². The molecular formula is C17H35NO4. The molecule has 0 aliphatic heterocycles. The van der Waals surface area contributed by atoms with E-state index in [-0.39, 0.29) is 19.3 Å². The molecule has 5 heteroatoms. The minimum absolute atomic E-state index is 0.0321. The molecular weight excluding hydrogens is 282 g/mol. The maximum Gasteiger partial charge on any atom is 0.0900 e. The molecule has 0 amide bonds. The van der Waals surface area contributed by atoms with Crippen molar-refractivity contribution in [3.05, 3.63) is 0 Å². The van der Waals surface area contributed by atoms with Crippen LogP contribution < -0.4 is 0 Å². The van der Waals surface area contributed by atoms with Gasteiger partial charge in [-0.25, -0.2) is 0 Å². The van der Waals surface area contributed by atoms with Crippen molar-refractivity contribution in [1.29, 1.82) is 0 Å². The standard InChI is InChI=1S/C17H35NO4/c1-17(2,3)14-4-6-16(7-5-14)22-13-15(21)12-18(8-10-19)9-11-20/h14-16,19-21H,4-13H2,1-3H3. The van der Waals surface area contributed by atoms with Crippen molar-refractivity contribution in [1.82, 2.24) is 4.90 Å². The Morgan fingerprint density at radius 1 is 1.05 bits per heavy atom. The largest absolute Gasteiger partial charge is 0.395 e. The van der Waals surface area contributed by atoms with E-state index in [4.69, 9.17) is 14.9 Å². The molecule has 1 aliphatic rings. The zero-order valence-electron chi connectivity index (χ0n) is 14.5. The van der Waals surface area contributed by atoms with Crippen LogP contribution in [0.2, 0.25) is 0 Å². The number of aliphatic hydroxyl groups is 3. The summed E-state index contributed by atoms with van der Waals surface area (Å²) in [5.74, 6) is 0.766. The Morgan fingerprint density at radius 3 is 2.05 bits per heavy atom. The zero-order valence-corrected chi connectivity index (χ0v) is 14.5. The van der Waals surface area contributed by atoms with Gasteiger partial charge in [0.05, 0.1) is 32.0 Å². The van der Waals surface area contributed by atoms with Crippen LogP contribution in [0.4, 0.5) is 0 Å². The molecule has 1 aliphatic carbocycles. The number of aliphatic hydroxyl groups excluding tert-OH is 3. The molecule has 0 heterocycles. The van der Waals surface area contributed by atoms with E-state index in [9.17, 15) is 5.11 Å². The fourth-order valence-corrected chi connectivity index (χ4v) is 3.27. The monoisotopic (exact) mass is 317 g/mol.